The molecule has 0 bridgehead atoms. The Morgan fingerprint density at radius 2 is 1.94 bits per heavy atom. The molecule has 0 radical (unpaired) electrons. The number of benzene rings is 1. The summed E-state index contributed by atoms with van der Waals surface area (Å²) in [5.41, 5.74) is 8.56. The van der Waals surface area contributed by atoms with Crippen LogP contribution in [0.1, 0.15) is 25.8 Å². The van der Waals surface area contributed by atoms with E-state index in [0.29, 0.717) is 0 Å². The Morgan fingerprint density at radius 3 is 2.44 bits per heavy atom. The second-order valence-electron chi connectivity index (χ2n) is 4.29. The van der Waals surface area contributed by atoms with Crippen molar-refractivity contribution in [3.05, 3.63) is 41.5 Å². The average Bonchev–Trinajstić information content (AvgIpc) is 2.26. The molecule has 1 rings (SSSR count). The normalized spacial score (nSPS) is 12.0. The maximum atomic E-state index is 5.98. The smallest absolute Gasteiger partial charge is 0.118 e. The second kappa shape index (κ2) is 6.33. The number of rotatable bonds is 5. The van der Waals surface area contributed by atoms with Gasteiger partial charge >= 0.3 is 0 Å². The predicted octanol–water partition coefficient (Wildman–Crippen LogP) is 2.92. The maximum absolute atomic E-state index is 5.98. The minimum atomic E-state index is 0.159. The van der Waals surface area contributed by atoms with Gasteiger partial charge in [0.05, 0.1) is 7.11 Å². The van der Waals surface area contributed by atoms with E-state index in [4.69, 9.17) is 10.5 Å². The Kier molecular flexibility index (Phi) is 5.06. The topological polar surface area (TPSA) is 35.2 Å². The molecule has 1 aromatic carbocycles. The van der Waals surface area contributed by atoms with Gasteiger partial charge in [-0.2, -0.15) is 0 Å². The third-order valence-electron chi connectivity index (χ3n) is 2.47. The highest BCUT2D eigenvalue weighted by Gasteiger charge is 2.00. The van der Waals surface area contributed by atoms with Gasteiger partial charge in [-0.05, 0) is 44.4 Å². The van der Waals surface area contributed by atoms with Gasteiger partial charge < -0.3 is 10.5 Å². The Balaban J connectivity index is 2.45. The van der Waals surface area contributed by atoms with Crippen LogP contribution >= 0.6 is 0 Å². The van der Waals surface area contributed by atoms with E-state index >= 15 is 0 Å². The molecule has 0 saturated heterocycles. The minimum Gasteiger partial charge on any atom is -0.497 e. The summed E-state index contributed by atoms with van der Waals surface area (Å²) < 4.78 is 5.11. The van der Waals surface area contributed by atoms with Crippen LogP contribution in [0.4, 0.5) is 0 Å². The lowest BCUT2D eigenvalue weighted by molar-refractivity contribution is 0.414. The monoisotopic (exact) mass is 219 g/mol. The van der Waals surface area contributed by atoms with E-state index in [2.05, 4.69) is 32.1 Å². The van der Waals surface area contributed by atoms with Gasteiger partial charge in [0.15, 0.2) is 0 Å². The summed E-state index contributed by atoms with van der Waals surface area (Å²) in [6, 6.07) is 8.32. The second-order valence-corrected chi connectivity index (χ2v) is 4.29. The number of allylic oxidation sites excluding steroid dienone is 1. The van der Waals surface area contributed by atoms with Crippen molar-refractivity contribution in [2.45, 2.75) is 32.7 Å². The number of ether oxygens (including phenoxy) is 1. The molecular formula is C14H21NO. The molecule has 1 aromatic rings. The molecule has 0 saturated carbocycles. The minimum absolute atomic E-state index is 0.159. The van der Waals surface area contributed by atoms with Crippen LogP contribution in [0.3, 0.4) is 0 Å². The largest absolute Gasteiger partial charge is 0.497 e. The first-order valence-electron chi connectivity index (χ1n) is 5.65. The SMILES string of the molecule is COc1ccc(CCC(N)C=C(C)C)cc1. The first-order valence-corrected chi connectivity index (χ1v) is 5.65. The van der Waals surface area contributed by atoms with Gasteiger partial charge in [-0.15, -0.1) is 0 Å². The van der Waals surface area contributed by atoms with Crippen molar-refractivity contribution < 1.29 is 4.74 Å². The highest BCUT2D eigenvalue weighted by atomic mass is 16.5. The molecule has 0 amide bonds. The predicted molar refractivity (Wildman–Crippen MR) is 68.7 cm³/mol. The maximum Gasteiger partial charge on any atom is 0.118 e. The van der Waals surface area contributed by atoms with Gasteiger partial charge in [-0.3, -0.25) is 0 Å². The average molecular weight is 219 g/mol. The summed E-state index contributed by atoms with van der Waals surface area (Å²) in [4.78, 5) is 0. The van der Waals surface area contributed by atoms with Gasteiger partial charge in [-0.1, -0.05) is 23.8 Å². The lowest BCUT2D eigenvalue weighted by atomic mass is 10.0. The molecule has 2 nitrogen and oxygen atoms in total. The fraction of sp³-hybridized carbons (Fsp3) is 0.429. The summed E-state index contributed by atoms with van der Waals surface area (Å²) in [5.74, 6) is 0.900. The Hall–Kier alpha value is -1.28. The molecule has 0 aromatic heterocycles. The highest BCUT2D eigenvalue weighted by molar-refractivity contribution is 5.27. The quantitative estimate of drug-likeness (QED) is 0.773. The molecule has 0 aliphatic heterocycles. The molecule has 0 fully saturated rings. The first kappa shape index (κ1) is 12.8. The molecule has 88 valence electrons. The third-order valence-corrected chi connectivity index (χ3v) is 2.47. The van der Waals surface area contributed by atoms with Crippen LogP contribution in [0.5, 0.6) is 5.75 Å². The van der Waals surface area contributed by atoms with Gasteiger partial charge in [0.2, 0.25) is 0 Å². The van der Waals surface area contributed by atoms with Crippen LogP contribution in [0.15, 0.2) is 35.9 Å². The summed E-state index contributed by atoms with van der Waals surface area (Å²) >= 11 is 0. The fourth-order valence-electron chi connectivity index (χ4n) is 1.64. The van der Waals surface area contributed by atoms with Crippen LogP contribution in [-0.4, -0.2) is 13.2 Å². The van der Waals surface area contributed by atoms with E-state index in [0.717, 1.165) is 18.6 Å². The summed E-state index contributed by atoms with van der Waals surface area (Å²) in [7, 11) is 1.68. The number of methoxy groups -OCH3 is 1. The molecule has 2 heteroatoms. The van der Waals surface area contributed by atoms with Crippen LogP contribution in [-0.2, 0) is 6.42 Å². The van der Waals surface area contributed by atoms with Gasteiger partial charge in [0.25, 0.3) is 0 Å². The first-order chi connectivity index (χ1) is 7.61. The van der Waals surface area contributed by atoms with Gasteiger partial charge in [0.1, 0.15) is 5.75 Å². The van der Waals surface area contributed by atoms with E-state index in [1.54, 1.807) is 7.11 Å². The van der Waals surface area contributed by atoms with Crippen molar-refractivity contribution in [2.24, 2.45) is 5.73 Å². The van der Waals surface area contributed by atoms with Crippen LogP contribution < -0.4 is 10.5 Å². The van der Waals surface area contributed by atoms with Crippen molar-refractivity contribution in [2.75, 3.05) is 7.11 Å². The van der Waals surface area contributed by atoms with Gasteiger partial charge in [0, 0.05) is 6.04 Å². The highest BCUT2D eigenvalue weighted by Crippen LogP contribution is 2.13. The molecule has 0 spiro atoms. The van der Waals surface area contributed by atoms with Crippen molar-refractivity contribution in [1.29, 1.82) is 0 Å². The Morgan fingerprint density at radius 1 is 1.31 bits per heavy atom. The molecule has 1 unspecified atom stereocenters. The zero-order valence-corrected chi connectivity index (χ0v) is 10.4. The van der Waals surface area contributed by atoms with Gasteiger partial charge in [-0.25, -0.2) is 0 Å². The number of aryl methyl sites for hydroxylation is 1. The van der Waals surface area contributed by atoms with Crippen LogP contribution in [0.2, 0.25) is 0 Å². The molecule has 16 heavy (non-hydrogen) atoms. The third kappa shape index (κ3) is 4.49. The summed E-state index contributed by atoms with van der Waals surface area (Å²) in [6.07, 6.45) is 4.11. The summed E-state index contributed by atoms with van der Waals surface area (Å²) in [5, 5.41) is 0. The molecule has 0 heterocycles. The molecule has 0 aliphatic rings. The van der Waals surface area contributed by atoms with E-state index in [1.165, 1.54) is 11.1 Å². The number of nitrogens with two attached hydrogens (primary N) is 1. The standard InChI is InChI=1S/C14H21NO/c1-11(2)10-13(15)7-4-12-5-8-14(16-3)9-6-12/h5-6,8-10,13H,4,7,15H2,1-3H3. The lowest BCUT2D eigenvalue weighted by Crippen LogP contribution is -2.17. The number of hydrogen-bond acceptors (Lipinski definition) is 2. The van der Waals surface area contributed by atoms with E-state index in [1.807, 2.05) is 12.1 Å². The van der Waals surface area contributed by atoms with Crippen molar-refractivity contribution >= 4 is 0 Å². The molecular weight excluding hydrogens is 198 g/mol. The Bertz CT molecular complexity index is 336. The molecule has 0 aliphatic carbocycles. The summed E-state index contributed by atoms with van der Waals surface area (Å²) in [6.45, 7) is 4.15. The Labute approximate surface area is 98.1 Å². The number of hydrogen-bond donors (Lipinski definition) is 1. The van der Waals surface area contributed by atoms with E-state index < -0.39 is 0 Å². The molecule has 1 atom stereocenters. The zero-order valence-electron chi connectivity index (χ0n) is 10.4. The van der Waals surface area contributed by atoms with E-state index in [-0.39, 0.29) is 6.04 Å². The van der Waals surface area contributed by atoms with Crippen molar-refractivity contribution in [3.8, 4) is 5.75 Å². The van der Waals surface area contributed by atoms with Crippen molar-refractivity contribution in [3.63, 3.8) is 0 Å². The lowest BCUT2D eigenvalue weighted by Gasteiger charge is -2.08. The van der Waals surface area contributed by atoms with Crippen LogP contribution in [0.25, 0.3) is 0 Å². The molecule has 2 N–H and O–H groups in total. The zero-order chi connectivity index (χ0) is 12.0. The van der Waals surface area contributed by atoms with Crippen LogP contribution in [0, 0.1) is 0 Å². The fourth-order valence-corrected chi connectivity index (χ4v) is 1.64. The van der Waals surface area contributed by atoms with E-state index in [9.17, 15) is 0 Å². The van der Waals surface area contributed by atoms with Crippen molar-refractivity contribution in [1.82, 2.24) is 0 Å².